The van der Waals surface area contributed by atoms with Gasteiger partial charge in [0.1, 0.15) is 5.69 Å². The van der Waals surface area contributed by atoms with E-state index in [0.717, 1.165) is 0 Å². The molecule has 0 bridgehead atoms. The lowest BCUT2D eigenvalue weighted by Crippen LogP contribution is -2.28. The number of aromatic nitrogens is 2. The van der Waals surface area contributed by atoms with Gasteiger partial charge in [-0.15, -0.1) is 0 Å². The number of urea groups is 1. The van der Waals surface area contributed by atoms with E-state index in [9.17, 15) is 9.59 Å². The van der Waals surface area contributed by atoms with E-state index in [2.05, 4.69) is 15.3 Å². The Labute approximate surface area is 105 Å². The lowest BCUT2D eigenvalue weighted by atomic mass is 10.3. The summed E-state index contributed by atoms with van der Waals surface area (Å²) in [6, 6.07) is -0.152. The van der Waals surface area contributed by atoms with Crippen LogP contribution in [0.15, 0.2) is 0 Å². The molecule has 1 fully saturated rings. The van der Waals surface area contributed by atoms with Crippen molar-refractivity contribution >= 4 is 17.9 Å². The Morgan fingerprint density at radius 2 is 2.33 bits per heavy atom. The minimum atomic E-state index is -0.457. The molecule has 2 N–H and O–H groups in total. The number of imidazole rings is 1. The second-order valence-corrected chi connectivity index (χ2v) is 4.20. The van der Waals surface area contributed by atoms with Gasteiger partial charge in [0.15, 0.2) is 0 Å². The van der Waals surface area contributed by atoms with E-state index in [0.29, 0.717) is 30.5 Å². The van der Waals surface area contributed by atoms with E-state index >= 15 is 0 Å². The Bertz CT molecular complexity index is 483. The maximum absolute atomic E-state index is 11.6. The molecule has 1 aromatic heterocycles. The van der Waals surface area contributed by atoms with E-state index in [1.165, 1.54) is 4.90 Å². The summed E-state index contributed by atoms with van der Waals surface area (Å²) in [6.07, 6.45) is 0. The molecule has 0 saturated carbocycles. The number of carbonyl (C=O) groups excluding carboxylic acids is 2. The summed E-state index contributed by atoms with van der Waals surface area (Å²) >= 11 is 0. The van der Waals surface area contributed by atoms with Crippen LogP contribution < -0.4 is 10.2 Å². The second kappa shape index (κ2) is 4.67. The number of H-pyrrole nitrogens is 1. The Morgan fingerprint density at radius 3 is 2.89 bits per heavy atom. The molecule has 7 nitrogen and oxygen atoms in total. The number of aromatic amines is 1. The van der Waals surface area contributed by atoms with Gasteiger partial charge in [0, 0.05) is 6.04 Å². The molecule has 2 amide bonds. The molecule has 0 radical (unpaired) electrons. The number of rotatable bonds is 3. The standard InChI is InChI=1S/C11H16N4O3/c1-4-18-9(16)8-7(3)13-10(14-8)15-5-6(2)12-11(15)17/h6H,4-5H2,1-3H3,(H,12,17)(H,13,14)/t6-/m0/s1. The normalized spacial score (nSPS) is 18.9. The van der Waals surface area contributed by atoms with Crippen LogP contribution >= 0.6 is 0 Å². The zero-order chi connectivity index (χ0) is 13.3. The maximum atomic E-state index is 11.6. The average molecular weight is 252 g/mol. The molecule has 1 saturated heterocycles. The first-order valence-corrected chi connectivity index (χ1v) is 5.84. The summed E-state index contributed by atoms with van der Waals surface area (Å²) in [5, 5.41) is 2.76. The van der Waals surface area contributed by atoms with Crippen LogP contribution in [0.5, 0.6) is 0 Å². The second-order valence-electron chi connectivity index (χ2n) is 4.20. The molecule has 0 spiro atoms. The van der Waals surface area contributed by atoms with Crippen LogP contribution in [-0.2, 0) is 4.74 Å². The van der Waals surface area contributed by atoms with Crippen molar-refractivity contribution < 1.29 is 14.3 Å². The summed E-state index contributed by atoms with van der Waals surface area (Å²) in [4.78, 5) is 31.8. The number of nitrogens with zero attached hydrogens (tertiary/aromatic N) is 2. The SMILES string of the molecule is CCOC(=O)c1[nH]c(N2C[C@H](C)NC2=O)nc1C. The van der Waals surface area contributed by atoms with E-state index in [1.807, 2.05) is 6.92 Å². The van der Waals surface area contributed by atoms with Gasteiger partial charge < -0.3 is 15.0 Å². The molecule has 1 aromatic rings. The lowest BCUT2D eigenvalue weighted by molar-refractivity contribution is 0.0519. The zero-order valence-corrected chi connectivity index (χ0v) is 10.6. The number of aryl methyl sites for hydroxylation is 1. The number of hydrogen-bond donors (Lipinski definition) is 2. The minimum absolute atomic E-state index is 0.0638. The van der Waals surface area contributed by atoms with Crippen molar-refractivity contribution in [2.45, 2.75) is 26.8 Å². The smallest absolute Gasteiger partial charge is 0.356 e. The number of ether oxygens (including phenoxy) is 1. The molecule has 1 aliphatic heterocycles. The summed E-state index contributed by atoms with van der Waals surface area (Å²) in [6.45, 7) is 6.16. The number of esters is 1. The number of anilines is 1. The van der Waals surface area contributed by atoms with Gasteiger partial charge in [-0.2, -0.15) is 0 Å². The third-order valence-corrected chi connectivity index (χ3v) is 2.68. The van der Waals surface area contributed by atoms with Gasteiger partial charge in [0.05, 0.1) is 18.8 Å². The Kier molecular flexibility index (Phi) is 3.22. The summed E-state index contributed by atoms with van der Waals surface area (Å²) < 4.78 is 4.90. The predicted octanol–water partition coefficient (Wildman–Crippen LogP) is 0.813. The largest absolute Gasteiger partial charge is 0.461 e. The van der Waals surface area contributed by atoms with E-state index in [4.69, 9.17) is 4.74 Å². The molecule has 7 heteroatoms. The van der Waals surface area contributed by atoms with Crippen LogP contribution in [0.4, 0.5) is 10.7 Å². The Morgan fingerprint density at radius 1 is 1.61 bits per heavy atom. The first-order valence-electron chi connectivity index (χ1n) is 5.84. The zero-order valence-electron chi connectivity index (χ0n) is 10.6. The van der Waals surface area contributed by atoms with Crippen molar-refractivity contribution in [3.05, 3.63) is 11.4 Å². The molecular weight excluding hydrogens is 236 g/mol. The third kappa shape index (κ3) is 2.15. The first-order chi connectivity index (χ1) is 8.52. The van der Waals surface area contributed by atoms with Crippen molar-refractivity contribution in [1.82, 2.24) is 15.3 Å². The van der Waals surface area contributed by atoms with E-state index in [-0.39, 0.29) is 12.1 Å². The van der Waals surface area contributed by atoms with Crippen molar-refractivity contribution in [3.63, 3.8) is 0 Å². The van der Waals surface area contributed by atoms with Crippen molar-refractivity contribution in [2.24, 2.45) is 0 Å². The molecule has 2 heterocycles. The van der Waals surface area contributed by atoms with Crippen LogP contribution in [0, 0.1) is 6.92 Å². The monoisotopic (exact) mass is 252 g/mol. The highest BCUT2D eigenvalue weighted by Crippen LogP contribution is 2.17. The fraction of sp³-hybridized carbons (Fsp3) is 0.545. The van der Waals surface area contributed by atoms with Gasteiger partial charge in [-0.05, 0) is 20.8 Å². The number of hydrogen-bond acceptors (Lipinski definition) is 4. The summed E-state index contributed by atoms with van der Waals surface area (Å²) in [5.74, 6) is -0.0844. The minimum Gasteiger partial charge on any atom is -0.461 e. The molecule has 1 aliphatic rings. The molecule has 0 aromatic carbocycles. The quantitative estimate of drug-likeness (QED) is 0.779. The molecule has 1 atom stereocenters. The van der Waals surface area contributed by atoms with Crippen molar-refractivity contribution in [3.8, 4) is 0 Å². The van der Waals surface area contributed by atoms with E-state index in [1.54, 1.807) is 13.8 Å². The van der Waals surface area contributed by atoms with Crippen LogP contribution in [0.3, 0.4) is 0 Å². The maximum Gasteiger partial charge on any atom is 0.356 e. The Hall–Kier alpha value is -2.05. The molecule has 18 heavy (non-hydrogen) atoms. The summed E-state index contributed by atoms with van der Waals surface area (Å²) in [5.41, 5.74) is 0.815. The number of nitrogens with one attached hydrogen (secondary N) is 2. The van der Waals surface area contributed by atoms with Crippen molar-refractivity contribution in [2.75, 3.05) is 18.1 Å². The highest BCUT2D eigenvalue weighted by molar-refractivity contribution is 5.94. The van der Waals surface area contributed by atoms with Gasteiger partial charge in [0.2, 0.25) is 5.95 Å². The molecule has 0 aliphatic carbocycles. The van der Waals surface area contributed by atoms with Crippen molar-refractivity contribution in [1.29, 1.82) is 0 Å². The predicted molar refractivity (Wildman–Crippen MR) is 64.6 cm³/mol. The van der Waals surface area contributed by atoms with Gasteiger partial charge in [-0.3, -0.25) is 4.90 Å². The fourth-order valence-electron chi connectivity index (χ4n) is 1.85. The average Bonchev–Trinajstić information content (AvgIpc) is 2.82. The molecule has 98 valence electrons. The van der Waals surface area contributed by atoms with Crippen LogP contribution in [0.2, 0.25) is 0 Å². The first kappa shape index (κ1) is 12.4. The van der Waals surface area contributed by atoms with Crippen LogP contribution in [0.1, 0.15) is 30.0 Å². The lowest BCUT2D eigenvalue weighted by Gasteiger charge is -2.09. The molecule has 0 unspecified atom stereocenters. The van der Waals surface area contributed by atoms with Gasteiger partial charge in [0.25, 0.3) is 0 Å². The number of carbonyl (C=O) groups is 2. The Balaban J connectivity index is 2.23. The van der Waals surface area contributed by atoms with Gasteiger partial charge >= 0.3 is 12.0 Å². The molecular formula is C11H16N4O3. The fourth-order valence-corrected chi connectivity index (χ4v) is 1.85. The topological polar surface area (TPSA) is 87.3 Å². The van der Waals surface area contributed by atoms with Gasteiger partial charge in [-0.25, -0.2) is 14.6 Å². The highest BCUT2D eigenvalue weighted by Gasteiger charge is 2.30. The molecule has 2 rings (SSSR count). The summed E-state index contributed by atoms with van der Waals surface area (Å²) in [7, 11) is 0. The van der Waals surface area contributed by atoms with Crippen LogP contribution in [0.25, 0.3) is 0 Å². The van der Waals surface area contributed by atoms with Gasteiger partial charge in [-0.1, -0.05) is 0 Å². The highest BCUT2D eigenvalue weighted by atomic mass is 16.5. The number of amides is 2. The van der Waals surface area contributed by atoms with E-state index < -0.39 is 5.97 Å². The van der Waals surface area contributed by atoms with Crippen LogP contribution in [-0.4, -0.2) is 41.2 Å². The third-order valence-electron chi connectivity index (χ3n) is 2.68.